The van der Waals surface area contributed by atoms with Crippen LogP contribution < -0.4 is 14.4 Å². The predicted molar refractivity (Wildman–Crippen MR) is 140 cm³/mol. The number of sulfonamides is 2. The number of anilines is 1. The molecule has 1 aliphatic rings. The topological polar surface area (TPSA) is 113 Å². The van der Waals surface area contributed by atoms with Gasteiger partial charge >= 0.3 is 0 Å². The zero-order valence-electron chi connectivity index (χ0n) is 21.2. The van der Waals surface area contributed by atoms with Gasteiger partial charge in [-0.3, -0.25) is 9.10 Å². The van der Waals surface area contributed by atoms with E-state index >= 15 is 0 Å². The molecule has 2 aromatic rings. The summed E-state index contributed by atoms with van der Waals surface area (Å²) in [6.07, 6.45) is 3.87. The lowest BCUT2D eigenvalue weighted by Crippen LogP contribution is -2.48. The minimum Gasteiger partial charge on any atom is -0.492 e. The van der Waals surface area contributed by atoms with Crippen molar-refractivity contribution >= 4 is 31.6 Å². The number of hydrogen-bond donors (Lipinski definition) is 1. The van der Waals surface area contributed by atoms with Crippen LogP contribution in [-0.4, -0.2) is 65.6 Å². The van der Waals surface area contributed by atoms with Crippen molar-refractivity contribution in [1.82, 2.24) is 9.62 Å². The molecule has 1 fully saturated rings. The number of ether oxygens (including phenoxy) is 1. The first-order chi connectivity index (χ1) is 16.9. The number of nitrogens with one attached hydrogen (secondary N) is 1. The number of piperidine rings is 1. The molecule has 1 N–H and O–H groups in total. The highest BCUT2D eigenvalue weighted by Crippen LogP contribution is 2.26. The van der Waals surface area contributed by atoms with E-state index in [0.29, 0.717) is 24.5 Å². The molecule has 2 aromatic carbocycles. The van der Waals surface area contributed by atoms with Crippen molar-refractivity contribution in [2.24, 2.45) is 0 Å². The van der Waals surface area contributed by atoms with E-state index in [1.807, 2.05) is 19.1 Å². The molecule has 1 saturated heterocycles. The number of benzene rings is 2. The second-order valence-electron chi connectivity index (χ2n) is 9.10. The average molecular weight is 538 g/mol. The molecule has 0 radical (unpaired) electrons. The van der Waals surface area contributed by atoms with Gasteiger partial charge in [-0.2, -0.15) is 4.31 Å². The van der Waals surface area contributed by atoms with Gasteiger partial charge in [0.1, 0.15) is 18.4 Å². The Morgan fingerprint density at radius 3 is 2.28 bits per heavy atom. The number of nitrogens with zero attached hydrogens (tertiary/aromatic N) is 2. The lowest BCUT2D eigenvalue weighted by atomic mass is 10.1. The molecule has 1 amide bonds. The normalized spacial score (nSPS) is 15.8. The molecule has 0 saturated carbocycles. The molecule has 1 aliphatic heterocycles. The Balaban J connectivity index is 1.56. The van der Waals surface area contributed by atoms with Gasteiger partial charge in [0, 0.05) is 13.1 Å². The van der Waals surface area contributed by atoms with Crippen LogP contribution in [-0.2, 0) is 24.8 Å². The molecule has 1 heterocycles. The highest BCUT2D eigenvalue weighted by atomic mass is 32.2. The summed E-state index contributed by atoms with van der Waals surface area (Å²) in [5.41, 5.74) is 2.11. The van der Waals surface area contributed by atoms with Gasteiger partial charge in [0.25, 0.3) is 0 Å². The summed E-state index contributed by atoms with van der Waals surface area (Å²) in [6.45, 7) is 6.58. The molecular weight excluding hydrogens is 502 g/mol. The van der Waals surface area contributed by atoms with Gasteiger partial charge in [0.2, 0.25) is 26.0 Å². The lowest BCUT2D eigenvalue weighted by molar-refractivity contribution is -0.121. The number of hydrogen-bond acceptors (Lipinski definition) is 6. The highest BCUT2D eigenvalue weighted by molar-refractivity contribution is 7.92. The summed E-state index contributed by atoms with van der Waals surface area (Å²) >= 11 is 0. The summed E-state index contributed by atoms with van der Waals surface area (Å²) in [6, 6.07) is 10.7. The highest BCUT2D eigenvalue weighted by Gasteiger charge is 2.30. The van der Waals surface area contributed by atoms with Crippen LogP contribution in [0.25, 0.3) is 0 Å². The minimum atomic E-state index is -3.71. The Labute approximate surface area is 214 Å². The smallest absolute Gasteiger partial charge is 0.243 e. The predicted octanol–water partition coefficient (Wildman–Crippen LogP) is 2.83. The first kappa shape index (κ1) is 27.9. The summed E-state index contributed by atoms with van der Waals surface area (Å²) in [7, 11) is -7.22. The molecule has 0 unspecified atom stereocenters. The first-order valence-electron chi connectivity index (χ1n) is 12.0. The van der Waals surface area contributed by atoms with Gasteiger partial charge in [0.15, 0.2) is 0 Å². The maximum Gasteiger partial charge on any atom is 0.243 e. The fraction of sp³-hybridized carbons (Fsp3) is 0.480. The summed E-state index contributed by atoms with van der Waals surface area (Å²) in [5, 5.41) is 2.72. The lowest BCUT2D eigenvalue weighted by Gasteiger charge is -2.29. The van der Waals surface area contributed by atoms with Crippen LogP contribution in [0.2, 0.25) is 0 Å². The van der Waals surface area contributed by atoms with E-state index in [4.69, 9.17) is 4.74 Å². The first-order valence-corrected chi connectivity index (χ1v) is 15.3. The molecular formula is C25H35N3O6S2. The van der Waals surface area contributed by atoms with E-state index in [9.17, 15) is 21.6 Å². The fourth-order valence-corrected chi connectivity index (χ4v) is 6.93. The van der Waals surface area contributed by atoms with Gasteiger partial charge in [-0.1, -0.05) is 18.6 Å². The molecule has 0 spiro atoms. The average Bonchev–Trinajstić information content (AvgIpc) is 2.84. The number of amides is 1. The molecule has 1 atom stereocenters. The van der Waals surface area contributed by atoms with Crippen LogP contribution in [0.5, 0.6) is 5.75 Å². The van der Waals surface area contributed by atoms with Crippen LogP contribution in [0.15, 0.2) is 47.4 Å². The molecule has 198 valence electrons. The maximum absolute atomic E-state index is 12.8. The zero-order chi connectivity index (χ0) is 26.5. The van der Waals surface area contributed by atoms with Crippen molar-refractivity contribution in [3.8, 4) is 5.75 Å². The van der Waals surface area contributed by atoms with Crippen molar-refractivity contribution in [1.29, 1.82) is 0 Å². The molecule has 3 rings (SSSR count). The molecule has 9 nitrogen and oxygen atoms in total. The molecule has 11 heteroatoms. The van der Waals surface area contributed by atoms with E-state index in [1.54, 1.807) is 32.0 Å². The molecule has 36 heavy (non-hydrogen) atoms. The molecule has 0 aliphatic carbocycles. The van der Waals surface area contributed by atoms with Crippen molar-refractivity contribution in [3.05, 3.63) is 53.6 Å². The summed E-state index contributed by atoms with van der Waals surface area (Å²) in [4.78, 5) is 13.0. The standard InChI is InChI=1S/C25H35N3O6S2/c1-19-8-9-20(2)24(18-19)28(35(4,30)31)21(3)25(29)26-14-17-34-22-10-12-23(13-11-22)36(32,33)27-15-6-5-7-16-27/h8-13,18,21H,5-7,14-17H2,1-4H3,(H,26,29)/t21-/m0/s1. The third-order valence-corrected chi connectivity index (χ3v) is 9.28. The number of carbonyl (C=O) groups excluding carboxylic acids is 1. The third-order valence-electron chi connectivity index (χ3n) is 6.14. The third kappa shape index (κ3) is 6.77. The SMILES string of the molecule is Cc1ccc(C)c(N([C@@H](C)C(=O)NCCOc2ccc(S(=O)(=O)N3CCCCC3)cc2)S(C)(=O)=O)c1. The van der Waals surface area contributed by atoms with E-state index in [0.717, 1.165) is 41.0 Å². The summed E-state index contributed by atoms with van der Waals surface area (Å²) in [5.74, 6) is 0.0240. The largest absolute Gasteiger partial charge is 0.492 e. The van der Waals surface area contributed by atoms with E-state index in [-0.39, 0.29) is 18.0 Å². The number of carbonyl (C=O) groups is 1. The van der Waals surface area contributed by atoms with Crippen LogP contribution in [0, 0.1) is 13.8 Å². The van der Waals surface area contributed by atoms with E-state index in [2.05, 4.69) is 5.32 Å². The second kappa shape index (κ2) is 11.6. The zero-order valence-corrected chi connectivity index (χ0v) is 22.9. The summed E-state index contributed by atoms with van der Waals surface area (Å²) < 4.78 is 58.9. The van der Waals surface area contributed by atoms with Gasteiger partial charge in [-0.15, -0.1) is 0 Å². The molecule has 0 bridgehead atoms. The second-order valence-corrected chi connectivity index (χ2v) is 12.9. The quantitative estimate of drug-likeness (QED) is 0.467. The van der Waals surface area contributed by atoms with Crippen LogP contribution in [0.4, 0.5) is 5.69 Å². The number of aryl methyl sites for hydroxylation is 2. The Bertz CT molecular complexity index is 1270. The maximum atomic E-state index is 12.8. The van der Waals surface area contributed by atoms with Crippen molar-refractivity contribution in [3.63, 3.8) is 0 Å². The van der Waals surface area contributed by atoms with Gasteiger partial charge in [-0.25, -0.2) is 16.8 Å². The van der Waals surface area contributed by atoms with Crippen LogP contribution >= 0.6 is 0 Å². The van der Waals surface area contributed by atoms with Gasteiger partial charge < -0.3 is 10.1 Å². The van der Waals surface area contributed by atoms with Crippen LogP contribution in [0.1, 0.15) is 37.3 Å². The van der Waals surface area contributed by atoms with Crippen molar-refractivity contribution in [2.45, 2.75) is 51.0 Å². The molecule has 0 aromatic heterocycles. The Morgan fingerprint density at radius 2 is 1.67 bits per heavy atom. The number of rotatable bonds is 10. The minimum absolute atomic E-state index is 0.138. The Hall–Kier alpha value is -2.63. The van der Waals surface area contributed by atoms with Crippen LogP contribution in [0.3, 0.4) is 0 Å². The van der Waals surface area contributed by atoms with Crippen molar-refractivity contribution < 1.29 is 26.4 Å². The van der Waals surface area contributed by atoms with Gasteiger partial charge in [0.05, 0.1) is 23.4 Å². The van der Waals surface area contributed by atoms with E-state index in [1.165, 1.54) is 16.4 Å². The van der Waals surface area contributed by atoms with Gasteiger partial charge in [-0.05, 0) is 75.1 Å². The Kier molecular flexibility index (Phi) is 9.02. The monoisotopic (exact) mass is 537 g/mol. The fourth-order valence-electron chi connectivity index (χ4n) is 4.19. The van der Waals surface area contributed by atoms with E-state index < -0.39 is 32.0 Å². The van der Waals surface area contributed by atoms with Crippen molar-refractivity contribution in [2.75, 3.05) is 36.8 Å². The Morgan fingerprint density at radius 1 is 1.03 bits per heavy atom.